The zero-order valence-corrected chi connectivity index (χ0v) is 10.9. The number of aromatic nitrogens is 3. The van der Waals surface area contributed by atoms with Gasteiger partial charge in [-0.2, -0.15) is 0 Å². The summed E-state index contributed by atoms with van der Waals surface area (Å²) < 4.78 is 0. The third-order valence-electron chi connectivity index (χ3n) is 2.62. The van der Waals surface area contributed by atoms with Gasteiger partial charge in [0.1, 0.15) is 5.01 Å². The molecule has 0 aliphatic heterocycles. The fourth-order valence-electron chi connectivity index (χ4n) is 1.80. The Kier molecular flexibility index (Phi) is 2.92. The lowest BCUT2D eigenvalue weighted by Crippen LogP contribution is -2.12. The van der Waals surface area contributed by atoms with Crippen LogP contribution in [0.4, 0.5) is 5.13 Å². The van der Waals surface area contributed by atoms with Gasteiger partial charge in [-0.15, -0.1) is 10.2 Å². The van der Waals surface area contributed by atoms with Gasteiger partial charge in [-0.1, -0.05) is 29.5 Å². The lowest BCUT2D eigenvalue weighted by atomic mass is 10.1. The topological polar surface area (TPSA) is 67.8 Å². The Balaban J connectivity index is 1.97. The average Bonchev–Trinajstić information content (AvgIpc) is 2.83. The number of para-hydroxylation sites is 1. The van der Waals surface area contributed by atoms with Crippen LogP contribution in [-0.2, 0) is 0 Å². The molecule has 3 aromatic rings. The van der Waals surface area contributed by atoms with E-state index in [2.05, 4.69) is 20.5 Å². The number of nitrogens with one attached hydrogen (secondary N) is 1. The average molecular weight is 270 g/mol. The van der Waals surface area contributed by atoms with E-state index in [4.69, 9.17) is 0 Å². The number of pyridine rings is 1. The third kappa shape index (κ3) is 2.30. The zero-order valence-electron chi connectivity index (χ0n) is 10.1. The van der Waals surface area contributed by atoms with Crippen molar-refractivity contribution in [1.29, 1.82) is 0 Å². The van der Waals surface area contributed by atoms with Crippen LogP contribution in [0, 0.1) is 6.92 Å². The van der Waals surface area contributed by atoms with E-state index in [-0.39, 0.29) is 5.91 Å². The van der Waals surface area contributed by atoms with Gasteiger partial charge in [0.25, 0.3) is 5.91 Å². The highest BCUT2D eigenvalue weighted by Crippen LogP contribution is 2.19. The molecule has 0 fully saturated rings. The predicted octanol–water partition coefficient (Wildman–Crippen LogP) is 2.65. The van der Waals surface area contributed by atoms with Crippen LogP contribution in [0.2, 0.25) is 0 Å². The first-order valence-corrected chi connectivity index (χ1v) is 6.51. The van der Waals surface area contributed by atoms with Crippen molar-refractivity contribution in [1.82, 2.24) is 15.2 Å². The Morgan fingerprint density at radius 2 is 2.05 bits per heavy atom. The Bertz CT molecular complexity index is 748. The van der Waals surface area contributed by atoms with Crippen molar-refractivity contribution < 1.29 is 4.79 Å². The van der Waals surface area contributed by atoms with E-state index in [1.807, 2.05) is 31.2 Å². The molecular formula is C13H10N4OS. The number of nitrogens with zero attached hydrogens (tertiary/aromatic N) is 3. The molecule has 2 heterocycles. The number of benzene rings is 1. The molecule has 0 radical (unpaired) electrons. The first-order chi connectivity index (χ1) is 9.24. The van der Waals surface area contributed by atoms with E-state index in [0.717, 1.165) is 10.4 Å². The number of amides is 1. The maximum Gasteiger partial charge on any atom is 0.259 e. The maximum atomic E-state index is 12.2. The number of hydrogen-bond acceptors (Lipinski definition) is 5. The lowest BCUT2D eigenvalue weighted by molar-refractivity contribution is 0.102. The highest BCUT2D eigenvalue weighted by atomic mass is 32.1. The summed E-state index contributed by atoms with van der Waals surface area (Å²) in [5.41, 5.74) is 1.22. The van der Waals surface area contributed by atoms with Gasteiger partial charge in [0.15, 0.2) is 0 Å². The molecule has 5 nitrogen and oxygen atoms in total. The number of hydrogen-bond donors (Lipinski definition) is 1. The SMILES string of the molecule is Cc1nnc(NC(=O)c2cccc3cccnc23)s1. The monoisotopic (exact) mass is 270 g/mol. The summed E-state index contributed by atoms with van der Waals surface area (Å²) in [6, 6.07) is 9.28. The van der Waals surface area contributed by atoms with Gasteiger partial charge < -0.3 is 0 Å². The van der Waals surface area contributed by atoms with Crippen LogP contribution in [0.25, 0.3) is 10.9 Å². The normalized spacial score (nSPS) is 10.6. The molecule has 94 valence electrons. The van der Waals surface area contributed by atoms with Gasteiger partial charge >= 0.3 is 0 Å². The summed E-state index contributed by atoms with van der Waals surface area (Å²) >= 11 is 1.34. The molecule has 0 aliphatic carbocycles. The molecule has 0 saturated heterocycles. The Morgan fingerprint density at radius 3 is 2.84 bits per heavy atom. The van der Waals surface area contributed by atoms with E-state index in [1.165, 1.54) is 11.3 Å². The van der Waals surface area contributed by atoms with E-state index >= 15 is 0 Å². The molecular weight excluding hydrogens is 260 g/mol. The lowest BCUT2D eigenvalue weighted by Gasteiger charge is -2.04. The fraction of sp³-hybridized carbons (Fsp3) is 0.0769. The van der Waals surface area contributed by atoms with Gasteiger partial charge in [-0.05, 0) is 19.1 Å². The molecule has 0 atom stereocenters. The molecule has 1 N–H and O–H groups in total. The van der Waals surface area contributed by atoms with Crippen molar-refractivity contribution in [2.45, 2.75) is 6.92 Å². The number of carbonyl (C=O) groups excluding carboxylic acids is 1. The molecule has 0 unspecified atom stereocenters. The van der Waals surface area contributed by atoms with Gasteiger partial charge in [-0.25, -0.2) is 0 Å². The fourth-order valence-corrected chi connectivity index (χ4v) is 2.39. The van der Waals surface area contributed by atoms with Crippen molar-refractivity contribution in [2.24, 2.45) is 0 Å². The van der Waals surface area contributed by atoms with E-state index < -0.39 is 0 Å². The maximum absolute atomic E-state index is 12.2. The van der Waals surface area contributed by atoms with Gasteiger partial charge in [0, 0.05) is 11.6 Å². The molecule has 3 rings (SSSR count). The minimum absolute atomic E-state index is 0.222. The highest BCUT2D eigenvalue weighted by Gasteiger charge is 2.12. The van der Waals surface area contributed by atoms with Crippen LogP contribution >= 0.6 is 11.3 Å². The molecule has 19 heavy (non-hydrogen) atoms. The van der Waals surface area contributed by atoms with Crippen LogP contribution < -0.4 is 5.32 Å². The standard InChI is InChI=1S/C13H10N4OS/c1-8-16-17-13(19-8)15-12(18)10-6-2-4-9-5-3-7-14-11(9)10/h2-7H,1H3,(H,15,17,18). The van der Waals surface area contributed by atoms with Crippen molar-refractivity contribution in [2.75, 3.05) is 5.32 Å². The number of fused-ring (bicyclic) bond motifs is 1. The number of rotatable bonds is 2. The first-order valence-electron chi connectivity index (χ1n) is 5.69. The second-order valence-corrected chi connectivity index (χ2v) is 5.14. The summed E-state index contributed by atoms with van der Waals surface area (Å²) in [6.07, 6.45) is 1.67. The van der Waals surface area contributed by atoms with Crippen LogP contribution in [0.15, 0.2) is 36.5 Å². The largest absolute Gasteiger partial charge is 0.296 e. The van der Waals surface area contributed by atoms with E-state index in [0.29, 0.717) is 16.2 Å². The molecule has 6 heteroatoms. The second-order valence-electron chi connectivity index (χ2n) is 3.96. The Morgan fingerprint density at radius 1 is 1.21 bits per heavy atom. The van der Waals surface area contributed by atoms with Crippen molar-refractivity contribution in [3.8, 4) is 0 Å². The van der Waals surface area contributed by atoms with Crippen molar-refractivity contribution >= 4 is 33.3 Å². The van der Waals surface area contributed by atoms with Crippen LogP contribution in [0.5, 0.6) is 0 Å². The molecule has 0 bridgehead atoms. The molecule has 2 aromatic heterocycles. The molecule has 1 aromatic carbocycles. The summed E-state index contributed by atoms with van der Waals surface area (Å²) in [5, 5.41) is 12.7. The number of aryl methyl sites for hydroxylation is 1. The van der Waals surface area contributed by atoms with Gasteiger partial charge in [-0.3, -0.25) is 15.1 Å². The number of anilines is 1. The molecule has 0 aliphatic rings. The van der Waals surface area contributed by atoms with Gasteiger partial charge in [0.2, 0.25) is 5.13 Å². The summed E-state index contributed by atoms with van der Waals surface area (Å²) in [6.45, 7) is 1.84. The predicted molar refractivity (Wildman–Crippen MR) is 74.3 cm³/mol. The van der Waals surface area contributed by atoms with Crippen LogP contribution in [-0.4, -0.2) is 21.1 Å². The highest BCUT2D eigenvalue weighted by molar-refractivity contribution is 7.15. The number of carbonyl (C=O) groups is 1. The molecule has 0 saturated carbocycles. The quantitative estimate of drug-likeness (QED) is 0.777. The smallest absolute Gasteiger partial charge is 0.259 e. The zero-order chi connectivity index (χ0) is 13.2. The third-order valence-corrected chi connectivity index (χ3v) is 3.38. The van der Waals surface area contributed by atoms with Crippen molar-refractivity contribution in [3.05, 3.63) is 47.1 Å². The summed E-state index contributed by atoms with van der Waals surface area (Å²) in [5.74, 6) is -0.222. The van der Waals surface area contributed by atoms with Crippen LogP contribution in [0.3, 0.4) is 0 Å². The molecule has 1 amide bonds. The van der Waals surface area contributed by atoms with E-state index in [1.54, 1.807) is 12.3 Å². The second kappa shape index (κ2) is 4.74. The Hall–Kier alpha value is -2.34. The van der Waals surface area contributed by atoms with Crippen LogP contribution in [0.1, 0.15) is 15.4 Å². The summed E-state index contributed by atoms with van der Waals surface area (Å²) in [7, 11) is 0. The summed E-state index contributed by atoms with van der Waals surface area (Å²) in [4.78, 5) is 16.5. The minimum atomic E-state index is -0.222. The Labute approximate surface area is 113 Å². The van der Waals surface area contributed by atoms with E-state index in [9.17, 15) is 4.79 Å². The minimum Gasteiger partial charge on any atom is -0.296 e. The van der Waals surface area contributed by atoms with Crippen molar-refractivity contribution in [3.63, 3.8) is 0 Å². The molecule has 0 spiro atoms. The van der Waals surface area contributed by atoms with Gasteiger partial charge in [0.05, 0.1) is 11.1 Å². The first kappa shape index (κ1) is 11.7.